The average molecular weight is 281 g/mol. The number of piperidine rings is 1. The number of hydrogen-bond donors (Lipinski definition) is 1. The van der Waals surface area contributed by atoms with Crippen molar-refractivity contribution in [3.05, 3.63) is 0 Å². The Morgan fingerprint density at radius 1 is 1.15 bits per heavy atom. The minimum Gasteiger partial charge on any atom is -0.389 e. The largest absolute Gasteiger partial charge is 0.389 e. The van der Waals surface area contributed by atoms with Crippen molar-refractivity contribution in [1.29, 1.82) is 0 Å². The second kappa shape index (κ2) is 7.04. The summed E-state index contributed by atoms with van der Waals surface area (Å²) in [6.45, 7) is 5.92. The topological polar surface area (TPSA) is 40.5 Å². The maximum absolute atomic E-state index is 12.3. The summed E-state index contributed by atoms with van der Waals surface area (Å²) >= 11 is 0. The molecule has 0 aromatic heterocycles. The molecule has 2 atom stereocenters. The van der Waals surface area contributed by atoms with Crippen LogP contribution < -0.4 is 0 Å². The Hall–Kier alpha value is -0.410. The molecule has 20 heavy (non-hydrogen) atoms. The fourth-order valence-corrected chi connectivity index (χ4v) is 3.94. The van der Waals surface area contributed by atoms with Crippen molar-refractivity contribution in [1.82, 2.24) is 4.90 Å². The molecule has 3 nitrogen and oxygen atoms in total. The lowest BCUT2D eigenvalue weighted by atomic mass is 9.78. The standard InChI is InChI=1S/C17H31NO2/c1-3-17(20,4-2)13-18-12-8-7-10-15(18)14-9-5-6-11-16(14)19/h14-15,20H,3-13H2,1-2H3. The van der Waals surface area contributed by atoms with E-state index in [4.69, 9.17) is 0 Å². The molecule has 3 heteroatoms. The van der Waals surface area contributed by atoms with Crippen LogP contribution >= 0.6 is 0 Å². The van der Waals surface area contributed by atoms with Crippen molar-refractivity contribution < 1.29 is 9.90 Å². The third kappa shape index (κ3) is 3.62. The second-order valence-electron chi connectivity index (χ2n) is 6.78. The van der Waals surface area contributed by atoms with Crippen LogP contribution in [0.2, 0.25) is 0 Å². The van der Waals surface area contributed by atoms with Gasteiger partial charge in [0.2, 0.25) is 0 Å². The van der Waals surface area contributed by atoms with Gasteiger partial charge in [-0.1, -0.05) is 26.7 Å². The van der Waals surface area contributed by atoms with Gasteiger partial charge >= 0.3 is 0 Å². The van der Waals surface area contributed by atoms with Gasteiger partial charge in [-0.3, -0.25) is 9.69 Å². The van der Waals surface area contributed by atoms with Crippen molar-refractivity contribution in [3.8, 4) is 0 Å². The predicted molar refractivity (Wildman–Crippen MR) is 81.7 cm³/mol. The number of carbonyl (C=O) groups excluding carboxylic acids is 1. The summed E-state index contributed by atoms with van der Waals surface area (Å²) in [5.74, 6) is 0.715. The summed E-state index contributed by atoms with van der Waals surface area (Å²) in [5, 5.41) is 10.6. The second-order valence-corrected chi connectivity index (χ2v) is 6.78. The average Bonchev–Trinajstić information content (AvgIpc) is 2.48. The van der Waals surface area contributed by atoms with Crippen LogP contribution in [0.3, 0.4) is 0 Å². The first-order valence-electron chi connectivity index (χ1n) is 8.59. The van der Waals surface area contributed by atoms with Gasteiger partial charge in [0.05, 0.1) is 5.60 Å². The number of Topliss-reactive ketones (excluding diaryl/α,β-unsaturated/α-hetero) is 1. The van der Waals surface area contributed by atoms with Crippen molar-refractivity contribution in [2.75, 3.05) is 13.1 Å². The van der Waals surface area contributed by atoms with Crippen LogP contribution in [-0.2, 0) is 4.79 Å². The minimum absolute atomic E-state index is 0.238. The summed E-state index contributed by atoms with van der Waals surface area (Å²) in [4.78, 5) is 14.7. The monoisotopic (exact) mass is 281 g/mol. The molecule has 2 aliphatic rings. The van der Waals surface area contributed by atoms with Crippen LogP contribution in [0.5, 0.6) is 0 Å². The van der Waals surface area contributed by atoms with E-state index in [-0.39, 0.29) is 5.92 Å². The van der Waals surface area contributed by atoms with E-state index in [1.54, 1.807) is 0 Å². The Balaban J connectivity index is 2.06. The maximum Gasteiger partial charge on any atom is 0.137 e. The molecule has 1 aliphatic heterocycles. The van der Waals surface area contributed by atoms with Crippen molar-refractivity contribution in [3.63, 3.8) is 0 Å². The molecule has 0 aromatic rings. The lowest BCUT2D eigenvalue weighted by Crippen LogP contribution is -2.53. The Morgan fingerprint density at radius 2 is 1.85 bits per heavy atom. The predicted octanol–water partition coefficient (Wildman–Crippen LogP) is 3.15. The van der Waals surface area contributed by atoms with E-state index in [0.717, 1.165) is 51.6 Å². The van der Waals surface area contributed by atoms with Gasteiger partial charge in [-0.05, 0) is 45.1 Å². The number of β-amino-alcohol motifs (C(OH)–C–C–N with tert-alkyl or cyclic N) is 1. The van der Waals surface area contributed by atoms with E-state index in [1.165, 1.54) is 19.3 Å². The highest BCUT2D eigenvalue weighted by atomic mass is 16.3. The molecule has 1 aliphatic carbocycles. The first-order valence-corrected chi connectivity index (χ1v) is 8.59. The zero-order valence-electron chi connectivity index (χ0n) is 13.2. The molecule has 0 radical (unpaired) electrons. The highest BCUT2D eigenvalue weighted by molar-refractivity contribution is 5.82. The molecular formula is C17H31NO2. The molecule has 1 heterocycles. The molecule has 1 N–H and O–H groups in total. The summed E-state index contributed by atoms with van der Waals surface area (Å²) < 4.78 is 0. The fraction of sp³-hybridized carbons (Fsp3) is 0.941. The summed E-state index contributed by atoms with van der Waals surface area (Å²) in [6.07, 6.45) is 9.30. The number of likely N-dealkylation sites (tertiary alicyclic amines) is 1. The number of carbonyl (C=O) groups is 1. The van der Waals surface area contributed by atoms with E-state index in [2.05, 4.69) is 18.7 Å². The third-order valence-electron chi connectivity index (χ3n) is 5.54. The summed E-state index contributed by atoms with van der Waals surface area (Å²) in [6, 6.07) is 0.390. The third-order valence-corrected chi connectivity index (χ3v) is 5.54. The van der Waals surface area contributed by atoms with Crippen molar-refractivity contribution in [2.45, 2.75) is 83.3 Å². The lowest BCUT2D eigenvalue weighted by Gasteiger charge is -2.44. The van der Waals surface area contributed by atoms with Gasteiger partial charge in [0.15, 0.2) is 0 Å². The molecule has 0 bridgehead atoms. The lowest BCUT2D eigenvalue weighted by molar-refractivity contribution is -0.129. The smallest absolute Gasteiger partial charge is 0.137 e. The van der Waals surface area contributed by atoms with Gasteiger partial charge in [0.1, 0.15) is 5.78 Å². The molecule has 0 aromatic carbocycles. The van der Waals surface area contributed by atoms with Crippen LogP contribution in [0.1, 0.15) is 71.6 Å². The Morgan fingerprint density at radius 3 is 2.50 bits per heavy atom. The molecular weight excluding hydrogens is 250 g/mol. The van der Waals surface area contributed by atoms with Gasteiger partial charge in [-0.25, -0.2) is 0 Å². The summed E-state index contributed by atoms with van der Waals surface area (Å²) in [7, 11) is 0. The van der Waals surface area contributed by atoms with Crippen molar-refractivity contribution >= 4 is 5.78 Å². The number of ketones is 1. The van der Waals surface area contributed by atoms with Gasteiger partial charge in [-0.2, -0.15) is 0 Å². The zero-order chi connectivity index (χ0) is 14.6. The molecule has 2 fully saturated rings. The maximum atomic E-state index is 12.3. The van der Waals surface area contributed by atoms with Gasteiger partial charge in [0, 0.05) is 24.9 Å². The quantitative estimate of drug-likeness (QED) is 0.841. The molecule has 1 saturated heterocycles. The molecule has 1 saturated carbocycles. The van der Waals surface area contributed by atoms with Gasteiger partial charge in [-0.15, -0.1) is 0 Å². The van der Waals surface area contributed by atoms with Crippen LogP contribution in [0.4, 0.5) is 0 Å². The first-order chi connectivity index (χ1) is 9.59. The number of aliphatic hydroxyl groups is 1. The number of nitrogens with zero attached hydrogens (tertiary/aromatic N) is 1. The first kappa shape index (κ1) is 16.0. The van der Waals surface area contributed by atoms with Crippen molar-refractivity contribution in [2.24, 2.45) is 5.92 Å². The highest BCUT2D eigenvalue weighted by Crippen LogP contribution is 2.33. The molecule has 2 unspecified atom stereocenters. The normalized spacial score (nSPS) is 29.6. The SMILES string of the molecule is CCC(O)(CC)CN1CCCCC1C1CCCCC1=O. The highest BCUT2D eigenvalue weighted by Gasteiger charge is 2.38. The van der Waals surface area contributed by atoms with E-state index in [9.17, 15) is 9.90 Å². The molecule has 0 amide bonds. The zero-order valence-corrected chi connectivity index (χ0v) is 13.2. The van der Waals surface area contributed by atoms with Gasteiger partial charge in [0.25, 0.3) is 0 Å². The van der Waals surface area contributed by atoms with Crippen LogP contribution in [0.25, 0.3) is 0 Å². The van der Waals surface area contributed by atoms with E-state index in [0.29, 0.717) is 11.8 Å². The number of rotatable bonds is 5. The molecule has 0 spiro atoms. The summed E-state index contributed by atoms with van der Waals surface area (Å²) in [5.41, 5.74) is -0.576. The van der Waals surface area contributed by atoms with E-state index in [1.807, 2.05) is 0 Å². The van der Waals surface area contributed by atoms with Crippen LogP contribution in [0, 0.1) is 5.92 Å². The van der Waals surface area contributed by atoms with Gasteiger partial charge < -0.3 is 5.11 Å². The molecule has 116 valence electrons. The van der Waals surface area contributed by atoms with Crippen LogP contribution in [-0.4, -0.2) is 40.5 Å². The minimum atomic E-state index is -0.576. The Labute approximate surface area is 123 Å². The number of hydrogen-bond acceptors (Lipinski definition) is 3. The molecule has 2 rings (SSSR count). The van der Waals surface area contributed by atoms with E-state index >= 15 is 0 Å². The van der Waals surface area contributed by atoms with Crippen LogP contribution in [0.15, 0.2) is 0 Å². The fourth-order valence-electron chi connectivity index (χ4n) is 3.94. The van der Waals surface area contributed by atoms with E-state index < -0.39 is 5.60 Å². The Bertz CT molecular complexity index is 325. The Kier molecular flexibility index (Phi) is 5.62.